The van der Waals surface area contributed by atoms with Crippen molar-refractivity contribution >= 4 is 28.0 Å². The van der Waals surface area contributed by atoms with E-state index in [-0.39, 0.29) is 0 Å². The van der Waals surface area contributed by atoms with Gasteiger partial charge in [-0.05, 0) is 31.2 Å². The van der Waals surface area contributed by atoms with E-state index < -0.39 is 0 Å². The summed E-state index contributed by atoms with van der Waals surface area (Å²) in [5.41, 5.74) is 3.07. The van der Waals surface area contributed by atoms with Crippen LogP contribution in [0.25, 0.3) is 11.4 Å². The molecule has 0 atom stereocenters. The van der Waals surface area contributed by atoms with Crippen LogP contribution in [0.5, 0.6) is 0 Å². The Hall–Kier alpha value is -2.68. The summed E-state index contributed by atoms with van der Waals surface area (Å²) in [7, 11) is 0. The highest BCUT2D eigenvalue weighted by molar-refractivity contribution is 7.09. The minimum Gasteiger partial charge on any atom is -0.366 e. The summed E-state index contributed by atoms with van der Waals surface area (Å²) in [6.07, 6.45) is 0. The number of benzene rings is 2. The highest BCUT2D eigenvalue weighted by atomic mass is 32.1. The smallest absolute Gasteiger partial charge is 0.249 e. The molecule has 7 nitrogen and oxygen atoms in total. The molecule has 0 aliphatic carbocycles. The standard InChI is InChI=1S/C24H30N7S/c1-2-30(15-19-31-16-12-29(13-17-31)14-18-31)22-10-8-21(9-11-22)26-27-24-25-23(28-32-24)20-6-4-3-5-7-20/h3-11H,2,12-19H2,1H3/q+1/b27-26+. The van der Waals surface area contributed by atoms with Gasteiger partial charge >= 0.3 is 0 Å². The summed E-state index contributed by atoms with van der Waals surface area (Å²) in [5, 5.41) is 9.22. The second-order valence-corrected chi connectivity index (χ2v) is 9.37. The van der Waals surface area contributed by atoms with Crippen LogP contribution < -0.4 is 4.90 Å². The molecule has 0 amide bonds. The lowest BCUT2D eigenvalue weighted by Crippen LogP contribution is -2.68. The lowest BCUT2D eigenvalue weighted by Gasteiger charge is -2.51. The normalized spacial score (nSPS) is 22.5. The number of quaternary nitrogens is 1. The van der Waals surface area contributed by atoms with E-state index in [0.717, 1.165) is 24.3 Å². The zero-order chi connectivity index (χ0) is 21.8. The predicted octanol–water partition coefficient (Wildman–Crippen LogP) is 4.59. The molecule has 0 N–H and O–H groups in total. The third kappa shape index (κ3) is 4.72. The van der Waals surface area contributed by atoms with Crippen LogP contribution in [-0.2, 0) is 0 Å². The highest BCUT2D eigenvalue weighted by Crippen LogP contribution is 2.26. The van der Waals surface area contributed by atoms with Crippen LogP contribution in [0.2, 0.25) is 0 Å². The molecule has 3 saturated heterocycles. The lowest BCUT2D eigenvalue weighted by molar-refractivity contribution is -0.939. The van der Waals surface area contributed by atoms with Crippen LogP contribution in [0.1, 0.15) is 6.92 Å². The summed E-state index contributed by atoms with van der Waals surface area (Å²) >= 11 is 1.27. The Bertz CT molecular complexity index is 1030. The number of anilines is 1. The second-order valence-electron chi connectivity index (χ2n) is 8.64. The Morgan fingerprint density at radius 3 is 2.38 bits per heavy atom. The van der Waals surface area contributed by atoms with E-state index in [1.54, 1.807) is 0 Å². The summed E-state index contributed by atoms with van der Waals surface area (Å²) in [5.74, 6) is 0.694. The van der Waals surface area contributed by atoms with Gasteiger partial charge in [0.05, 0.1) is 38.4 Å². The molecule has 3 fully saturated rings. The van der Waals surface area contributed by atoms with E-state index in [1.165, 1.54) is 67.5 Å². The van der Waals surface area contributed by atoms with Crippen LogP contribution in [0, 0.1) is 0 Å². The largest absolute Gasteiger partial charge is 0.366 e. The maximum absolute atomic E-state index is 4.48. The molecule has 8 heteroatoms. The SMILES string of the molecule is CCN(CC[N+]12CCN(CC1)CC2)c1ccc(/N=N/c2nc(-c3ccccc3)ns2)cc1. The van der Waals surface area contributed by atoms with Gasteiger partial charge in [-0.1, -0.05) is 30.3 Å². The molecule has 0 unspecified atom stereocenters. The number of piperazine rings is 3. The number of hydrogen-bond acceptors (Lipinski definition) is 7. The van der Waals surface area contributed by atoms with Crippen molar-refractivity contribution in [3.05, 3.63) is 54.6 Å². The van der Waals surface area contributed by atoms with Crippen molar-refractivity contribution in [2.45, 2.75) is 6.92 Å². The van der Waals surface area contributed by atoms with Gasteiger partial charge in [-0.2, -0.15) is 9.36 Å². The van der Waals surface area contributed by atoms with E-state index in [0.29, 0.717) is 11.0 Å². The number of hydrogen-bond donors (Lipinski definition) is 0. The molecule has 0 saturated carbocycles. The third-order valence-corrected chi connectivity index (χ3v) is 7.41. The summed E-state index contributed by atoms with van der Waals surface area (Å²) in [6.45, 7) is 13.3. The average molecular weight is 449 g/mol. The zero-order valence-electron chi connectivity index (χ0n) is 18.6. The van der Waals surface area contributed by atoms with Gasteiger partial charge in [-0.15, -0.1) is 10.2 Å². The second kappa shape index (κ2) is 9.44. The lowest BCUT2D eigenvalue weighted by atomic mass is 10.1. The maximum atomic E-state index is 4.48. The Morgan fingerprint density at radius 1 is 0.969 bits per heavy atom. The molecule has 166 valence electrons. The topological polar surface area (TPSA) is 57.0 Å². The van der Waals surface area contributed by atoms with Gasteiger partial charge in [-0.25, -0.2) is 0 Å². The zero-order valence-corrected chi connectivity index (χ0v) is 19.4. The van der Waals surface area contributed by atoms with Gasteiger partial charge < -0.3 is 9.38 Å². The first-order chi connectivity index (χ1) is 15.7. The molecule has 3 aromatic rings. The van der Waals surface area contributed by atoms with Gasteiger partial charge in [0.2, 0.25) is 5.13 Å². The van der Waals surface area contributed by atoms with Gasteiger partial charge in [0.25, 0.3) is 0 Å². The molecule has 32 heavy (non-hydrogen) atoms. The first-order valence-corrected chi connectivity index (χ1v) is 12.2. The van der Waals surface area contributed by atoms with Crippen LogP contribution in [0.4, 0.5) is 16.5 Å². The fourth-order valence-corrected chi connectivity index (χ4v) is 5.18. The van der Waals surface area contributed by atoms with Gasteiger partial charge in [0, 0.05) is 49.0 Å². The molecule has 4 heterocycles. The molecule has 1 aromatic heterocycles. The van der Waals surface area contributed by atoms with Crippen LogP contribution >= 0.6 is 11.5 Å². The summed E-state index contributed by atoms with van der Waals surface area (Å²) < 4.78 is 5.69. The van der Waals surface area contributed by atoms with Crippen molar-refractivity contribution in [2.75, 3.05) is 63.8 Å². The maximum Gasteiger partial charge on any atom is 0.249 e. The van der Waals surface area contributed by atoms with Gasteiger partial charge in [0.1, 0.15) is 0 Å². The molecule has 0 spiro atoms. The Kier molecular flexibility index (Phi) is 6.25. The number of aromatic nitrogens is 2. The molecule has 3 aliphatic heterocycles. The summed E-state index contributed by atoms with van der Waals surface area (Å²) in [4.78, 5) is 9.56. The van der Waals surface area contributed by atoms with Crippen LogP contribution in [-0.4, -0.2) is 77.6 Å². The highest BCUT2D eigenvalue weighted by Gasteiger charge is 2.38. The van der Waals surface area contributed by atoms with Crippen LogP contribution in [0.3, 0.4) is 0 Å². The van der Waals surface area contributed by atoms with E-state index in [9.17, 15) is 0 Å². The quantitative estimate of drug-likeness (QED) is 0.374. The molecule has 2 aromatic carbocycles. The third-order valence-electron chi connectivity index (χ3n) is 6.81. The number of likely N-dealkylation sites (N-methyl/N-ethyl adjacent to an activating group) is 1. The predicted molar refractivity (Wildman–Crippen MR) is 130 cm³/mol. The van der Waals surface area contributed by atoms with Crippen molar-refractivity contribution < 1.29 is 4.48 Å². The Balaban J connectivity index is 1.20. The van der Waals surface area contributed by atoms with Crippen molar-refractivity contribution in [1.29, 1.82) is 0 Å². The van der Waals surface area contributed by atoms with E-state index in [2.05, 4.69) is 48.4 Å². The monoisotopic (exact) mass is 448 g/mol. The van der Waals surface area contributed by atoms with Crippen molar-refractivity contribution in [3.8, 4) is 11.4 Å². The van der Waals surface area contributed by atoms with E-state index >= 15 is 0 Å². The van der Waals surface area contributed by atoms with E-state index in [4.69, 9.17) is 0 Å². The minimum absolute atomic E-state index is 0.568. The first kappa shape index (κ1) is 21.2. The van der Waals surface area contributed by atoms with Crippen LogP contribution in [0.15, 0.2) is 64.8 Å². The van der Waals surface area contributed by atoms with E-state index in [1.807, 2.05) is 42.5 Å². The van der Waals surface area contributed by atoms with Crippen molar-refractivity contribution in [2.24, 2.45) is 10.2 Å². The summed E-state index contributed by atoms with van der Waals surface area (Å²) in [6, 6.07) is 18.3. The molecule has 3 aliphatic rings. The fourth-order valence-electron chi connectivity index (χ4n) is 4.66. The Morgan fingerprint density at radius 2 is 1.69 bits per heavy atom. The molecular weight excluding hydrogens is 418 g/mol. The molecule has 6 rings (SSSR count). The minimum atomic E-state index is 0.568. The first-order valence-electron chi connectivity index (χ1n) is 11.5. The van der Waals surface area contributed by atoms with Crippen molar-refractivity contribution in [3.63, 3.8) is 0 Å². The van der Waals surface area contributed by atoms with Crippen molar-refractivity contribution in [1.82, 2.24) is 14.3 Å². The fraction of sp³-hybridized carbons (Fsp3) is 0.417. The number of fused-ring (bicyclic) bond motifs is 3. The number of rotatable bonds is 8. The molecule has 0 radical (unpaired) electrons. The number of azo groups is 1. The van der Waals surface area contributed by atoms with Gasteiger partial charge in [-0.3, -0.25) is 4.90 Å². The number of nitrogens with zero attached hydrogens (tertiary/aromatic N) is 7. The Labute approximate surface area is 193 Å². The average Bonchev–Trinajstić information content (AvgIpc) is 3.35. The van der Waals surface area contributed by atoms with Gasteiger partial charge in [0.15, 0.2) is 5.82 Å². The molecular formula is C24H30N7S+. The molecule has 2 bridgehead atoms.